The van der Waals surface area contributed by atoms with Crippen LogP contribution in [0.3, 0.4) is 0 Å². The summed E-state index contributed by atoms with van der Waals surface area (Å²) >= 11 is 0. The van der Waals surface area contributed by atoms with Crippen molar-refractivity contribution >= 4 is 18.3 Å². The van der Waals surface area contributed by atoms with Crippen molar-refractivity contribution in [2.45, 2.75) is 25.7 Å². The third-order valence-corrected chi connectivity index (χ3v) is 2.99. The Morgan fingerprint density at radius 2 is 2.06 bits per heavy atom. The van der Waals surface area contributed by atoms with Gasteiger partial charge in [0.2, 0.25) is 5.91 Å². The monoisotopic (exact) mass is 254 g/mol. The van der Waals surface area contributed by atoms with Gasteiger partial charge in [-0.25, -0.2) is 0 Å². The van der Waals surface area contributed by atoms with Gasteiger partial charge in [-0.15, -0.1) is 12.4 Å². The number of hydrogen-bond acceptors (Lipinski definition) is 2. The molecule has 1 aliphatic carbocycles. The molecule has 2 rings (SSSR count). The molecule has 0 saturated heterocycles. The molecule has 0 aromatic heterocycles. The molecule has 3 N–H and O–H groups in total. The van der Waals surface area contributed by atoms with Crippen molar-refractivity contribution in [1.82, 2.24) is 5.32 Å². The number of hydrogen-bond donors (Lipinski definition) is 2. The van der Waals surface area contributed by atoms with Crippen molar-refractivity contribution < 1.29 is 4.79 Å². The Bertz CT molecular complexity index is 393. The van der Waals surface area contributed by atoms with Gasteiger partial charge in [-0.05, 0) is 36.0 Å². The summed E-state index contributed by atoms with van der Waals surface area (Å²) in [7, 11) is 0. The van der Waals surface area contributed by atoms with Gasteiger partial charge < -0.3 is 11.1 Å². The van der Waals surface area contributed by atoms with Gasteiger partial charge in [0.1, 0.15) is 0 Å². The van der Waals surface area contributed by atoms with Crippen LogP contribution >= 0.6 is 12.4 Å². The first-order valence-corrected chi connectivity index (χ1v) is 5.87. The Morgan fingerprint density at radius 3 is 2.82 bits per heavy atom. The van der Waals surface area contributed by atoms with Gasteiger partial charge in [0.25, 0.3) is 0 Å². The molecule has 4 heteroatoms. The minimum Gasteiger partial charge on any atom is -0.355 e. The molecule has 17 heavy (non-hydrogen) atoms. The first-order chi connectivity index (χ1) is 7.79. The van der Waals surface area contributed by atoms with Crippen molar-refractivity contribution in [3.05, 3.63) is 34.9 Å². The highest BCUT2D eigenvalue weighted by Gasteiger charge is 2.11. The number of carbonyl (C=O) groups is 1. The first kappa shape index (κ1) is 14.0. The fourth-order valence-corrected chi connectivity index (χ4v) is 2.19. The molecule has 1 amide bonds. The van der Waals surface area contributed by atoms with E-state index >= 15 is 0 Å². The predicted molar refractivity (Wildman–Crippen MR) is 71.5 cm³/mol. The maximum absolute atomic E-state index is 11.5. The van der Waals surface area contributed by atoms with Crippen molar-refractivity contribution in [3.63, 3.8) is 0 Å². The Labute approximate surface area is 108 Å². The fourth-order valence-electron chi connectivity index (χ4n) is 2.19. The number of nitrogens with two attached hydrogens (primary N) is 1. The van der Waals surface area contributed by atoms with Crippen molar-refractivity contribution in [1.29, 1.82) is 0 Å². The molecule has 0 fully saturated rings. The molecule has 0 aliphatic heterocycles. The van der Waals surface area contributed by atoms with Gasteiger partial charge in [-0.2, -0.15) is 0 Å². The van der Waals surface area contributed by atoms with Crippen LogP contribution in [0, 0.1) is 0 Å². The van der Waals surface area contributed by atoms with Crippen LogP contribution in [0.25, 0.3) is 0 Å². The highest BCUT2D eigenvalue weighted by Crippen LogP contribution is 2.22. The number of carbonyl (C=O) groups excluding carboxylic acids is 1. The smallest absolute Gasteiger partial charge is 0.224 e. The van der Waals surface area contributed by atoms with Crippen LogP contribution in [0.1, 0.15) is 23.1 Å². The summed E-state index contributed by atoms with van der Waals surface area (Å²) in [6.45, 7) is 1.06. The van der Waals surface area contributed by atoms with E-state index in [0.29, 0.717) is 19.5 Å². The number of rotatable bonds is 4. The normalized spacial score (nSPS) is 12.8. The van der Waals surface area contributed by atoms with Gasteiger partial charge >= 0.3 is 0 Å². The lowest BCUT2D eigenvalue weighted by Crippen LogP contribution is -2.30. The number of fused-ring (bicyclic) bond motifs is 1. The zero-order valence-electron chi connectivity index (χ0n) is 9.87. The highest BCUT2D eigenvalue weighted by molar-refractivity contribution is 5.85. The van der Waals surface area contributed by atoms with E-state index in [1.165, 1.54) is 24.0 Å². The third kappa shape index (κ3) is 3.72. The van der Waals surface area contributed by atoms with E-state index < -0.39 is 0 Å². The number of halogens is 1. The molecule has 1 aromatic rings. The molecule has 0 saturated carbocycles. The summed E-state index contributed by atoms with van der Waals surface area (Å²) in [5, 5.41) is 2.78. The molecule has 1 aliphatic rings. The van der Waals surface area contributed by atoms with E-state index in [1.54, 1.807) is 0 Å². The summed E-state index contributed by atoms with van der Waals surface area (Å²) in [6, 6.07) is 6.39. The average molecular weight is 255 g/mol. The summed E-state index contributed by atoms with van der Waals surface area (Å²) < 4.78 is 0. The second-order valence-corrected chi connectivity index (χ2v) is 4.27. The minimum atomic E-state index is 0. The number of amides is 1. The lowest BCUT2D eigenvalue weighted by molar-refractivity contribution is -0.120. The molecule has 0 bridgehead atoms. The third-order valence-electron chi connectivity index (χ3n) is 2.99. The molecule has 0 atom stereocenters. The number of nitrogens with one attached hydrogen (secondary N) is 1. The standard InChI is InChI=1S/C13H18N2O.ClH/c14-6-7-15-13(16)9-10-4-5-11-2-1-3-12(11)8-10;/h4-5,8H,1-3,6-7,9,14H2,(H,15,16);1H. The quantitative estimate of drug-likeness (QED) is 0.849. The van der Waals surface area contributed by atoms with E-state index in [-0.39, 0.29) is 18.3 Å². The van der Waals surface area contributed by atoms with Crippen LogP contribution < -0.4 is 11.1 Å². The van der Waals surface area contributed by atoms with E-state index in [0.717, 1.165) is 12.0 Å². The van der Waals surface area contributed by atoms with Crippen molar-refractivity contribution in [2.75, 3.05) is 13.1 Å². The van der Waals surface area contributed by atoms with Gasteiger partial charge in [-0.3, -0.25) is 4.79 Å². The maximum atomic E-state index is 11.5. The molecule has 0 spiro atoms. The number of aryl methyl sites for hydroxylation is 2. The lowest BCUT2D eigenvalue weighted by Gasteiger charge is -2.05. The van der Waals surface area contributed by atoms with Crippen molar-refractivity contribution in [2.24, 2.45) is 5.73 Å². The molecule has 3 nitrogen and oxygen atoms in total. The Hall–Kier alpha value is -1.06. The van der Waals surface area contributed by atoms with Crippen LogP contribution in [0.15, 0.2) is 18.2 Å². The Balaban J connectivity index is 0.00000144. The van der Waals surface area contributed by atoms with Gasteiger partial charge in [0.15, 0.2) is 0 Å². The van der Waals surface area contributed by atoms with E-state index in [9.17, 15) is 4.79 Å². The van der Waals surface area contributed by atoms with Crippen LogP contribution in [0.4, 0.5) is 0 Å². The molecule has 0 unspecified atom stereocenters. The second kappa shape index (κ2) is 6.62. The molecular formula is C13H19ClN2O. The highest BCUT2D eigenvalue weighted by atomic mass is 35.5. The molecule has 1 aromatic carbocycles. The molecule has 0 radical (unpaired) electrons. The van der Waals surface area contributed by atoms with Crippen molar-refractivity contribution in [3.8, 4) is 0 Å². The first-order valence-electron chi connectivity index (χ1n) is 5.87. The van der Waals surface area contributed by atoms with Crippen LogP contribution in [0.2, 0.25) is 0 Å². The Morgan fingerprint density at radius 1 is 1.29 bits per heavy atom. The molecular weight excluding hydrogens is 236 g/mol. The van der Waals surface area contributed by atoms with Gasteiger partial charge in [0, 0.05) is 13.1 Å². The SMILES string of the molecule is Cl.NCCNC(=O)Cc1ccc2c(c1)CCC2. The number of benzene rings is 1. The largest absolute Gasteiger partial charge is 0.355 e. The van der Waals surface area contributed by atoms with Crippen LogP contribution in [-0.2, 0) is 24.1 Å². The van der Waals surface area contributed by atoms with Gasteiger partial charge in [-0.1, -0.05) is 18.2 Å². The Kier molecular flexibility index (Phi) is 5.45. The predicted octanol–water partition coefficient (Wildman–Crippen LogP) is 1.21. The summed E-state index contributed by atoms with van der Waals surface area (Å²) in [6.07, 6.45) is 4.06. The van der Waals surface area contributed by atoms with Gasteiger partial charge in [0.05, 0.1) is 6.42 Å². The molecule has 94 valence electrons. The minimum absolute atomic E-state index is 0. The summed E-state index contributed by atoms with van der Waals surface area (Å²) in [4.78, 5) is 11.5. The van der Waals surface area contributed by atoms with Crippen LogP contribution in [0.5, 0.6) is 0 Å². The van der Waals surface area contributed by atoms with Crippen LogP contribution in [-0.4, -0.2) is 19.0 Å². The zero-order valence-corrected chi connectivity index (χ0v) is 10.7. The van der Waals surface area contributed by atoms with E-state index in [4.69, 9.17) is 5.73 Å². The lowest BCUT2D eigenvalue weighted by atomic mass is 10.0. The average Bonchev–Trinajstić information content (AvgIpc) is 2.73. The second-order valence-electron chi connectivity index (χ2n) is 4.27. The van der Waals surface area contributed by atoms with E-state index in [1.807, 2.05) is 0 Å². The van der Waals surface area contributed by atoms with E-state index in [2.05, 4.69) is 23.5 Å². The zero-order chi connectivity index (χ0) is 11.4. The molecule has 0 heterocycles. The maximum Gasteiger partial charge on any atom is 0.224 e. The fraction of sp³-hybridized carbons (Fsp3) is 0.462. The summed E-state index contributed by atoms with van der Waals surface area (Å²) in [5.74, 6) is 0.0587. The summed E-state index contributed by atoms with van der Waals surface area (Å²) in [5.41, 5.74) is 9.31. The topological polar surface area (TPSA) is 55.1 Å².